The summed E-state index contributed by atoms with van der Waals surface area (Å²) >= 11 is 8.44. The monoisotopic (exact) mass is 2160 g/mol. The van der Waals surface area contributed by atoms with E-state index in [1.165, 1.54) is 79.5 Å². The van der Waals surface area contributed by atoms with Gasteiger partial charge in [0.15, 0.2) is 25.8 Å². The van der Waals surface area contributed by atoms with Crippen LogP contribution in [0.25, 0.3) is 76.4 Å². The van der Waals surface area contributed by atoms with Crippen LogP contribution in [0.4, 0.5) is 0 Å². The molecule has 0 bridgehead atoms. The summed E-state index contributed by atoms with van der Waals surface area (Å²) in [5, 5.41) is 59.8. The first-order valence-electron chi connectivity index (χ1n) is 51.0. The Hall–Kier alpha value is -12.4. The number of β-amino-alcohol motifs (C(OH)–C–C–N with tert-alkyl or cyclic N) is 2. The van der Waals surface area contributed by atoms with Crippen molar-refractivity contribution >= 4 is 107 Å². The van der Waals surface area contributed by atoms with Crippen LogP contribution in [-0.2, 0) is 58.6 Å². The summed E-state index contributed by atoms with van der Waals surface area (Å²) in [4.78, 5) is 76.6. The lowest BCUT2D eigenvalue weighted by atomic mass is 9.74. The highest BCUT2D eigenvalue weighted by atomic mass is 79.9. The number of likely N-dealkylation sites (tertiary alicyclic amines) is 4. The van der Waals surface area contributed by atoms with E-state index in [-0.39, 0.29) is 121 Å². The molecule has 8 aromatic carbocycles. The van der Waals surface area contributed by atoms with Crippen molar-refractivity contribution < 1.29 is 62.1 Å². The van der Waals surface area contributed by atoms with E-state index in [0.29, 0.717) is 131 Å². The quantitative estimate of drug-likeness (QED) is 0.0475. The fraction of sp³-hybridized carbons (Fsp3) is 0.434. The van der Waals surface area contributed by atoms with E-state index in [4.69, 9.17) is 52.9 Å². The number of carbonyl (C=O) groups is 4. The lowest BCUT2D eigenvalue weighted by Crippen LogP contribution is -2.43. The number of fused-ring (bicyclic) bond motifs is 12. The highest BCUT2D eigenvalue weighted by molar-refractivity contribution is 9.10. The number of hydrogen-bond donors (Lipinski definition) is 2. The Morgan fingerprint density at radius 1 is 0.430 bits per heavy atom. The van der Waals surface area contributed by atoms with Gasteiger partial charge in [-0.1, -0.05) is 100 Å². The normalized spacial score (nSPS) is 19.6. The lowest BCUT2D eigenvalue weighted by Gasteiger charge is -2.37. The smallest absolute Gasteiger partial charge is 0.490 e. The first kappa shape index (κ1) is 108. The number of aliphatic hydroxyl groups is 2. The largest absolute Gasteiger partial charge is 0.495 e. The predicted octanol–water partition coefficient (Wildman–Crippen LogP) is 21.4. The molecule has 9 aliphatic rings. The molecule has 4 aliphatic carbocycles. The van der Waals surface area contributed by atoms with Gasteiger partial charge in [0.2, 0.25) is 28.4 Å². The molecule has 5 saturated heterocycles. The van der Waals surface area contributed by atoms with Crippen LogP contribution in [0, 0.1) is 69.0 Å². The third-order valence-electron chi connectivity index (χ3n) is 29.7. The van der Waals surface area contributed by atoms with Crippen LogP contribution in [0.1, 0.15) is 234 Å². The first-order chi connectivity index (χ1) is 71.2. The fourth-order valence-electron chi connectivity index (χ4n) is 21.4. The highest BCUT2D eigenvalue weighted by Crippen LogP contribution is 2.55. The van der Waals surface area contributed by atoms with Gasteiger partial charge in [-0.25, -0.2) is 19.9 Å². The number of halogens is 1. The van der Waals surface area contributed by atoms with Crippen LogP contribution in [0.2, 0.25) is 18.1 Å². The minimum Gasteiger partial charge on any atom is -0.490 e. The molecule has 2 N–H and O–H groups in total. The maximum Gasteiger partial charge on any atom is 0.495 e. The van der Waals surface area contributed by atoms with Gasteiger partial charge in [-0.15, -0.1) is 0 Å². The first-order valence-corrected chi connectivity index (χ1v) is 57.8. The minimum absolute atomic E-state index is 0.000652. The number of nitrogens with zero attached hydrogens (tertiary/aromatic N) is 16. The van der Waals surface area contributed by atoms with Crippen LogP contribution in [0.5, 0.6) is 23.0 Å². The number of rotatable bonds is 26. The van der Waals surface area contributed by atoms with Crippen LogP contribution < -0.4 is 24.4 Å². The topological polar surface area (TPSA) is 385 Å². The average Bonchev–Trinajstić information content (AvgIpc) is 1.58. The summed E-state index contributed by atoms with van der Waals surface area (Å²) < 4.78 is 60.4. The number of aromatic nitrogens is 8. The summed E-state index contributed by atoms with van der Waals surface area (Å²) in [6.45, 7) is 39.9. The number of ether oxygens (including phenoxy) is 4. The summed E-state index contributed by atoms with van der Waals surface area (Å²) in [6, 6.07) is 56.1. The number of aliphatic hydroxyl groups excluding tert-OH is 2. The van der Waals surface area contributed by atoms with E-state index in [0.717, 1.165) is 114 Å². The SMILES string of the molecule is CC(C)Oc1ccc(-c2nc(-c3cccc4c3CC3CC(=O)N(CCO)C43)ns2)cc1C#N.CC(C)Oc1ccc(-c2nc(-c3cccc4c3CC3CC(=O)N(CCO)C43)ns2)cc1C#N.CC(C)Oc1ccc(-c2nc(Br)ns2)cc1C#N.CC1(C)OB(c2cccc3c2CC2CC(=O)N(CCO[Si](C)(C)C(C)(C)C)C32)OC1(C)C.CCCN1C(=O)CC2Cc3c(-c4nsc(-c5ccc(OC(C)C)c(C#N)c5)n4)cccc3C21. The van der Waals surface area contributed by atoms with Crippen molar-refractivity contribution in [1.29, 1.82) is 21.0 Å². The molecule has 8 atom stereocenters. The van der Waals surface area contributed by atoms with Crippen molar-refractivity contribution in [2.24, 2.45) is 23.7 Å². The number of benzene rings is 8. The molecule has 4 amide bonds. The summed E-state index contributed by atoms with van der Waals surface area (Å²) in [7, 11) is -2.19. The van der Waals surface area contributed by atoms with Crippen molar-refractivity contribution in [2.75, 3.05) is 46.0 Å². The number of amides is 4. The maximum absolute atomic E-state index is 12.9. The third kappa shape index (κ3) is 22.6. The van der Waals surface area contributed by atoms with Gasteiger partial charge in [0.05, 0.1) is 102 Å². The maximum atomic E-state index is 12.9. The molecule has 8 unspecified atom stereocenters. The Bertz CT molecular complexity index is 6750. The Morgan fingerprint density at radius 3 is 1.02 bits per heavy atom. The zero-order chi connectivity index (χ0) is 106. The van der Waals surface area contributed by atoms with E-state index in [1.807, 2.05) is 138 Å². The molecule has 772 valence electrons. The van der Waals surface area contributed by atoms with Crippen molar-refractivity contribution in [1.82, 2.24) is 57.0 Å². The van der Waals surface area contributed by atoms with E-state index < -0.39 is 8.32 Å². The fourth-order valence-corrected chi connectivity index (χ4v) is 25.6. The Morgan fingerprint density at radius 2 is 0.725 bits per heavy atom. The second-order valence-electron chi connectivity index (χ2n) is 42.6. The molecule has 5 fully saturated rings. The highest BCUT2D eigenvalue weighted by Gasteiger charge is 2.56. The number of nitriles is 4. The van der Waals surface area contributed by atoms with Gasteiger partial charge in [-0.3, -0.25) is 19.2 Å². The standard InChI is InChI=1S/C26H26N4O2S.C25H40BNO4Si.2C25H24N4O3S.C12H10BrN3OS/c1-4-10-30-23(31)13-17-12-21-19(24(17)30)6-5-7-20(21)25-28-26(33-29-25)16-8-9-22(32-15(2)3)18(11-16)14-27;1-23(2,3)32(8,9)29-14-13-27-21(28)16-17-15-19-18(22(17)27)11-10-12-20(19)26-30-24(4,5)25(6,7)31-26;2*1-14(2)32-21-7-6-15(10-17(21)13-26)25-27-24(28-33-25)19-5-3-4-18-20(19)11-16-12-22(31)29(8-9-30)23(16)18;1-7(2)17-10-4-3-8(5-9(10)6-14)11-15-12(13)16-18-11/h5-9,11,15,17,24H,4,10,12-13H2,1-3H3;10-12,17,22H,13-16H2,1-9H3;2*3-7,10,14,16,23,30H,8-9,11-12H2,1-2H3;3-5,7H,1-2H3. The molecule has 4 aromatic heterocycles. The molecule has 36 heteroatoms. The van der Waals surface area contributed by atoms with Crippen LogP contribution >= 0.6 is 62.1 Å². The van der Waals surface area contributed by atoms with Gasteiger partial charge in [0, 0.05) is 90.8 Å². The zero-order valence-electron chi connectivity index (χ0n) is 87.2. The summed E-state index contributed by atoms with van der Waals surface area (Å²) in [5.41, 5.74) is 18.5. The van der Waals surface area contributed by atoms with Crippen molar-refractivity contribution in [3.63, 3.8) is 0 Å². The van der Waals surface area contributed by atoms with Gasteiger partial charge >= 0.3 is 7.12 Å². The van der Waals surface area contributed by atoms with Crippen LogP contribution in [-0.4, -0.2) is 188 Å². The Labute approximate surface area is 897 Å². The molecule has 29 nitrogen and oxygen atoms in total. The van der Waals surface area contributed by atoms with Crippen LogP contribution in [0.15, 0.2) is 150 Å². The second kappa shape index (κ2) is 45.0. The van der Waals surface area contributed by atoms with Gasteiger partial charge in [-0.2, -0.15) is 38.5 Å². The molecule has 0 radical (unpaired) electrons. The van der Waals surface area contributed by atoms with E-state index >= 15 is 0 Å². The molecule has 12 aromatic rings. The van der Waals surface area contributed by atoms with Gasteiger partial charge in [0.1, 0.15) is 67.3 Å². The molecule has 9 heterocycles. The molecule has 5 aliphatic heterocycles. The molecule has 21 rings (SSSR count). The van der Waals surface area contributed by atoms with Gasteiger partial charge < -0.3 is 62.5 Å². The van der Waals surface area contributed by atoms with Crippen molar-refractivity contribution in [3.05, 3.63) is 217 Å². The number of hydrogen-bond acceptors (Lipinski definition) is 29. The van der Waals surface area contributed by atoms with Crippen molar-refractivity contribution in [3.8, 4) is 124 Å². The minimum atomic E-state index is -1.83. The Balaban J connectivity index is 0.000000128. The summed E-state index contributed by atoms with van der Waals surface area (Å²) in [5.74, 6) is 6.21. The van der Waals surface area contributed by atoms with Gasteiger partial charge in [-0.05, 0) is 342 Å². The molecule has 0 spiro atoms. The van der Waals surface area contributed by atoms with Crippen LogP contribution in [0.3, 0.4) is 0 Å². The average molecular weight is 2160 g/mol. The molecule has 149 heavy (non-hydrogen) atoms. The van der Waals surface area contributed by atoms with Crippen molar-refractivity contribution in [2.45, 2.75) is 246 Å². The zero-order valence-corrected chi connectivity index (χ0v) is 93.1. The molecular formula is C113H124BBrN16O13S4Si. The van der Waals surface area contributed by atoms with E-state index in [1.54, 1.807) is 24.3 Å². The lowest BCUT2D eigenvalue weighted by molar-refractivity contribution is -0.130. The molecule has 0 saturated carbocycles. The van der Waals surface area contributed by atoms with Gasteiger partial charge in [0.25, 0.3) is 0 Å². The third-order valence-corrected chi connectivity index (χ3v) is 37.9. The summed E-state index contributed by atoms with van der Waals surface area (Å²) in [6.07, 6.45) is 6.63. The molecular weight excluding hydrogens is 2040 g/mol. The predicted molar refractivity (Wildman–Crippen MR) is 582 cm³/mol. The second-order valence-corrected chi connectivity index (χ2v) is 51.1. The number of carbonyl (C=O) groups excluding carboxylic acids is 4. The van der Waals surface area contributed by atoms with E-state index in [2.05, 4.69) is 189 Å². The Kier molecular flexibility index (Phi) is 32.6. The van der Waals surface area contributed by atoms with E-state index in [9.17, 15) is 45.2 Å².